The van der Waals surface area contributed by atoms with E-state index in [0.717, 1.165) is 18.4 Å². The summed E-state index contributed by atoms with van der Waals surface area (Å²) in [6.07, 6.45) is 5.47. The average molecular weight is 226 g/mol. The molecule has 1 saturated carbocycles. The standard InChI is InChI=1S/C14H30N2/c1-14(2,3)11-16(4)10-13-7-5-12(9-15)6-8-13/h12-13H,5-11,15H2,1-4H3. The molecular weight excluding hydrogens is 196 g/mol. The van der Waals surface area contributed by atoms with Crippen molar-refractivity contribution >= 4 is 0 Å². The van der Waals surface area contributed by atoms with Crippen LogP contribution in [0.5, 0.6) is 0 Å². The third kappa shape index (κ3) is 5.31. The van der Waals surface area contributed by atoms with E-state index in [0.29, 0.717) is 5.41 Å². The van der Waals surface area contributed by atoms with E-state index in [1.807, 2.05) is 0 Å². The van der Waals surface area contributed by atoms with E-state index >= 15 is 0 Å². The number of nitrogens with two attached hydrogens (primary N) is 1. The molecule has 0 unspecified atom stereocenters. The van der Waals surface area contributed by atoms with Gasteiger partial charge >= 0.3 is 0 Å². The van der Waals surface area contributed by atoms with E-state index in [4.69, 9.17) is 5.73 Å². The van der Waals surface area contributed by atoms with Gasteiger partial charge in [0.1, 0.15) is 0 Å². The van der Waals surface area contributed by atoms with Crippen molar-refractivity contribution in [2.24, 2.45) is 23.0 Å². The maximum Gasteiger partial charge on any atom is 0.00271 e. The van der Waals surface area contributed by atoms with Gasteiger partial charge in [0.05, 0.1) is 0 Å². The first-order chi connectivity index (χ1) is 7.40. The summed E-state index contributed by atoms with van der Waals surface area (Å²) in [4.78, 5) is 2.51. The fourth-order valence-corrected chi connectivity index (χ4v) is 2.96. The van der Waals surface area contributed by atoms with E-state index in [9.17, 15) is 0 Å². The molecule has 0 aromatic heterocycles. The van der Waals surface area contributed by atoms with Gasteiger partial charge in [-0.1, -0.05) is 20.8 Å². The molecule has 2 heteroatoms. The summed E-state index contributed by atoms with van der Waals surface area (Å²) >= 11 is 0. The molecule has 96 valence electrons. The SMILES string of the molecule is CN(CC1CCC(CN)CC1)CC(C)(C)C. The van der Waals surface area contributed by atoms with Crippen LogP contribution in [-0.4, -0.2) is 31.6 Å². The molecule has 2 N–H and O–H groups in total. The first-order valence-electron chi connectivity index (χ1n) is 6.79. The van der Waals surface area contributed by atoms with Gasteiger partial charge in [-0.15, -0.1) is 0 Å². The second-order valence-electron chi connectivity index (χ2n) is 6.88. The van der Waals surface area contributed by atoms with Gasteiger partial charge in [0.2, 0.25) is 0 Å². The van der Waals surface area contributed by atoms with E-state index in [1.165, 1.54) is 38.8 Å². The molecule has 1 rings (SSSR count). The summed E-state index contributed by atoms with van der Waals surface area (Å²) in [6, 6.07) is 0. The van der Waals surface area contributed by atoms with Crippen LogP contribution in [0, 0.1) is 17.3 Å². The van der Waals surface area contributed by atoms with Crippen LogP contribution in [0.4, 0.5) is 0 Å². The lowest BCUT2D eigenvalue weighted by molar-refractivity contribution is 0.167. The van der Waals surface area contributed by atoms with Gasteiger partial charge in [-0.05, 0) is 56.5 Å². The van der Waals surface area contributed by atoms with Crippen molar-refractivity contribution in [3.8, 4) is 0 Å². The summed E-state index contributed by atoms with van der Waals surface area (Å²) in [5, 5.41) is 0. The fraction of sp³-hybridized carbons (Fsp3) is 1.00. The molecule has 1 aliphatic rings. The quantitative estimate of drug-likeness (QED) is 0.798. The van der Waals surface area contributed by atoms with Gasteiger partial charge < -0.3 is 10.6 Å². The number of rotatable bonds is 4. The Kier molecular flexibility index (Phi) is 5.26. The predicted molar refractivity (Wildman–Crippen MR) is 71.5 cm³/mol. The zero-order chi connectivity index (χ0) is 12.2. The molecule has 0 radical (unpaired) electrons. The van der Waals surface area contributed by atoms with Crippen LogP contribution in [0.25, 0.3) is 0 Å². The molecule has 0 spiro atoms. The number of nitrogens with zero attached hydrogens (tertiary/aromatic N) is 1. The monoisotopic (exact) mass is 226 g/mol. The van der Waals surface area contributed by atoms with E-state index in [-0.39, 0.29) is 0 Å². The lowest BCUT2D eigenvalue weighted by Crippen LogP contribution is -2.35. The van der Waals surface area contributed by atoms with Gasteiger partial charge in [-0.25, -0.2) is 0 Å². The Morgan fingerprint density at radius 1 is 1.06 bits per heavy atom. The van der Waals surface area contributed by atoms with Crippen LogP contribution in [0.1, 0.15) is 46.5 Å². The molecule has 0 bridgehead atoms. The Morgan fingerprint density at radius 3 is 2.00 bits per heavy atom. The highest BCUT2D eigenvalue weighted by molar-refractivity contribution is 4.76. The zero-order valence-corrected chi connectivity index (χ0v) is 11.6. The topological polar surface area (TPSA) is 29.3 Å². The molecule has 0 aliphatic heterocycles. The van der Waals surface area contributed by atoms with Crippen LogP contribution in [0.3, 0.4) is 0 Å². The van der Waals surface area contributed by atoms with Gasteiger partial charge in [-0.3, -0.25) is 0 Å². The Hall–Kier alpha value is -0.0800. The van der Waals surface area contributed by atoms with Gasteiger partial charge in [-0.2, -0.15) is 0 Å². The van der Waals surface area contributed by atoms with E-state index < -0.39 is 0 Å². The van der Waals surface area contributed by atoms with Crippen molar-refractivity contribution in [1.82, 2.24) is 4.90 Å². The minimum Gasteiger partial charge on any atom is -0.330 e. The highest BCUT2D eigenvalue weighted by Gasteiger charge is 2.22. The molecule has 16 heavy (non-hydrogen) atoms. The summed E-state index contributed by atoms with van der Waals surface area (Å²) in [5.41, 5.74) is 6.14. The van der Waals surface area contributed by atoms with Gasteiger partial charge in [0.25, 0.3) is 0 Å². The van der Waals surface area contributed by atoms with E-state index in [1.54, 1.807) is 0 Å². The largest absolute Gasteiger partial charge is 0.330 e. The normalized spacial score (nSPS) is 27.4. The highest BCUT2D eigenvalue weighted by Crippen LogP contribution is 2.29. The molecule has 2 nitrogen and oxygen atoms in total. The first-order valence-corrected chi connectivity index (χ1v) is 6.79. The fourth-order valence-electron chi connectivity index (χ4n) is 2.96. The average Bonchev–Trinajstić information content (AvgIpc) is 2.16. The minimum absolute atomic E-state index is 0.420. The molecule has 0 heterocycles. The zero-order valence-electron chi connectivity index (χ0n) is 11.6. The van der Waals surface area contributed by atoms with Crippen molar-refractivity contribution in [2.45, 2.75) is 46.5 Å². The van der Waals surface area contributed by atoms with Gasteiger partial charge in [0.15, 0.2) is 0 Å². The van der Waals surface area contributed by atoms with Crippen LogP contribution in [0.2, 0.25) is 0 Å². The van der Waals surface area contributed by atoms with Crippen LogP contribution in [0.15, 0.2) is 0 Å². The lowest BCUT2D eigenvalue weighted by Gasteiger charge is -2.33. The Balaban J connectivity index is 2.23. The van der Waals surface area contributed by atoms with Crippen molar-refractivity contribution < 1.29 is 0 Å². The third-order valence-electron chi connectivity index (χ3n) is 3.61. The molecular formula is C14H30N2. The summed E-state index contributed by atoms with van der Waals surface area (Å²) in [7, 11) is 2.26. The minimum atomic E-state index is 0.420. The predicted octanol–water partition coefficient (Wildman–Crippen LogP) is 2.73. The molecule has 0 atom stereocenters. The Morgan fingerprint density at radius 2 is 1.56 bits per heavy atom. The maximum atomic E-state index is 5.72. The van der Waals surface area contributed by atoms with Gasteiger partial charge in [0, 0.05) is 13.1 Å². The first kappa shape index (κ1) is 14.0. The lowest BCUT2D eigenvalue weighted by atomic mass is 9.81. The molecule has 0 aromatic rings. The maximum absolute atomic E-state index is 5.72. The summed E-state index contributed by atoms with van der Waals surface area (Å²) < 4.78 is 0. The van der Waals surface area contributed by atoms with E-state index in [2.05, 4.69) is 32.7 Å². The highest BCUT2D eigenvalue weighted by atomic mass is 15.1. The smallest absolute Gasteiger partial charge is 0.00271 e. The summed E-state index contributed by atoms with van der Waals surface area (Å²) in [5.74, 6) is 1.72. The third-order valence-corrected chi connectivity index (χ3v) is 3.61. The van der Waals surface area contributed by atoms with Crippen molar-refractivity contribution in [3.63, 3.8) is 0 Å². The number of hydrogen-bond donors (Lipinski definition) is 1. The van der Waals surface area contributed by atoms with Crippen molar-refractivity contribution in [1.29, 1.82) is 0 Å². The van der Waals surface area contributed by atoms with Crippen LogP contribution >= 0.6 is 0 Å². The number of hydrogen-bond acceptors (Lipinski definition) is 2. The van der Waals surface area contributed by atoms with Crippen LogP contribution < -0.4 is 5.73 Å². The van der Waals surface area contributed by atoms with Crippen molar-refractivity contribution in [2.75, 3.05) is 26.7 Å². The molecule has 0 aromatic carbocycles. The second kappa shape index (κ2) is 6.02. The molecule has 1 fully saturated rings. The molecule has 0 amide bonds. The molecule has 0 saturated heterocycles. The van der Waals surface area contributed by atoms with Crippen LogP contribution in [-0.2, 0) is 0 Å². The van der Waals surface area contributed by atoms with Crippen molar-refractivity contribution in [3.05, 3.63) is 0 Å². The second-order valence-corrected chi connectivity index (χ2v) is 6.88. The summed E-state index contributed by atoms with van der Waals surface area (Å²) in [6.45, 7) is 10.3. The molecule has 1 aliphatic carbocycles. The Bertz CT molecular complexity index is 187. The Labute approximate surface area is 102 Å².